The summed E-state index contributed by atoms with van der Waals surface area (Å²) in [5.74, 6) is 0. The lowest BCUT2D eigenvalue weighted by Gasteiger charge is -2.19. The highest BCUT2D eigenvalue weighted by molar-refractivity contribution is 9.10. The summed E-state index contributed by atoms with van der Waals surface area (Å²) in [6.45, 7) is 3.18. The number of rotatable bonds is 6. The first-order valence-corrected chi connectivity index (χ1v) is 7.31. The number of pyridine rings is 2. The molecular weight excluding hydrogens is 302 g/mol. The fourth-order valence-electron chi connectivity index (χ4n) is 2.00. The summed E-state index contributed by atoms with van der Waals surface area (Å²) in [5, 5.41) is 3.58. The van der Waals surface area contributed by atoms with Crippen LogP contribution in [0.1, 0.15) is 30.5 Å². The molecule has 0 radical (unpaired) electrons. The Morgan fingerprint density at radius 1 is 1.21 bits per heavy atom. The van der Waals surface area contributed by atoms with Gasteiger partial charge in [-0.2, -0.15) is 0 Å². The van der Waals surface area contributed by atoms with Crippen LogP contribution in [0.15, 0.2) is 47.5 Å². The molecule has 19 heavy (non-hydrogen) atoms. The highest BCUT2D eigenvalue weighted by Gasteiger charge is 2.12. The van der Waals surface area contributed by atoms with Crippen molar-refractivity contribution in [3.05, 3.63) is 58.6 Å². The van der Waals surface area contributed by atoms with Crippen molar-refractivity contribution >= 4 is 15.9 Å². The Labute approximate surface area is 122 Å². The normalized spacial score (nSPS) is 12.3. The van der Waals surface area contributed by atoms with Crippen LogP contribution in [0.2, 0.25) is 0 Å². The SMILES string of the molecule is CCCNC(Cc1ccncc1)c1cncc(Br)c1. The predicted molar refractivity (Wildman–Crippen MR) is 80.9 cm³/mol. The van der Waals surface area contributed by atoms with Gasteiger partial charge in [0.2, 0.25) is 0 Å². The summed E-state index contributed by atoms with van der Waals surface area (Å²) in [6.07, 6.45) is 9.48. The number of hydrogen-bond donors (Lipinski definition) is 1. The van der Waals surface area contributed by atoms with Crippen molar-refractivity contribution in [2.24, 2.45) is 0 Å². The van der Waals surface area contributed by atoms with Gasteiger partial charge in [0.25, 0.3) is 0 Å². The Bertz CT molecular complexity index is 502. The highest BCUT2D eigenvalue weighted by Crippen LogP contribution is 2.20. The number of halogens is 1. The van der Waals surface area contributed by atoms with Crippen molar-refractivity contribution in [3.8, 4) is 0 Å². The standard InChI is InChI=1S/C15H18BrN3/c1-2-5-19-15(8-12-3-6-17-7-4-12)13-9-14(16)11-18-10-13/h3-4,6-7,9-11,15,19H,2,5,8H2,1H3. The second kappa shape index (κ2) is 7.36. The van der Waals surface area contributed by atoms with E-state index in [0.717, 1.165) is 23.9 Å². The molecule has 4 heteroatoms. The molecule has 0 amide bonds. The van der Waals surface area contributed by atoms with Crippen LogP contribution in [0.3, 0.4) is 0 Å². The van der Waals surface area contributed by atoms with E-state index in [1.165, 1.54) is 11.1 Å². The van der Waals surface area contributed by atoms with Gasteiger partial charge in [0.1, 0.15) is 0 Å². The van der Waals surface area contributed by atoms with Gasteiger partial charge in [-0.15, -0.1) is 0 Å². The van der Waals surface area contributed by atoms with Gasteiger partial charge in [-0.05, 0) is 64.6 Å². The van der Waals surface area contributed by atoms with Crippen LogP contribution in [0.25, 0.3) is 0 Å². The Kier molecular flexibility index (Phi) is 5.48. The van der Waals surface area contributed by atoms with Crippen molar-refractivity contribution in [1.29, 1.82) is 0 Å². The zero-order valence-corrected chi connectivity index (χ0v) is 12.6. The van der Waals surface area contributed by atoms with E-state index >= 15 is 0 Å². The van der Waals surface area contributed by atoms with Gasteiger partial charge >= 0.3 is 0 Å². The molecule has 100 valence electrons. The minimum atomic E-state index is 0.285. The fraction of sp³-hybridized carbons (Fsp3) is 0.333. The van der Waals surface area contributed by atoms with Crippen LogP contribution in [0, 0.1) is 0 Å². The van der Waals surface area contributed by atoms with Crippen LogP contribution in [-0.2, 0) is 6.42 Å². The maximum Gasteiger partial charge on any atom is 0.0410 e. The van der Waals surface area contributed by atoms with Gasteiger partial charge in [-0.1, -0.05) is 6.92 Å². The van der Waals surface area contributed by atoms with Crippen molar-refractivity contribution in [2.75, 3.05) is 6.54 Å². The molecule has 0 bridgehead atoms. The lowest BCUT2D eigenvalue weighted by Crippen LogP contribution is -2.24. The van der Waals surface area contributed by atoms with Gasteiger partial charge in [0.05, 0.1) is 0 Å². The van der Waals surface area contributed by atoms with Crippen LogP contribution < -0.4 is 5.32 Å². The molecule has 0 saturated heterocycles. The summed E-state index contributed by atoms with van der Waals surface area (Å²) in [6, 6.07) is 6.53. The quantitative estimate of drug-likeness (QED) is 0.885. The molecule has 2 heterocycles. The van der Waals surface area contributed by atoms with Crippen LogP contribution in [0.4, 0.5) is 0 Å². The molecule has 3 nitrogen and oxygen atoms in total. The van der Waals surface area contributed by atoms with Crippen molar-refractivity contribution < 1.29 is 0 Å². The van der Waals surface area contributed by atoms with E-state index in [0.29, 0.717) is 0 Å². The van der Waals surface area contributed by atoms with E-state index in [1.54, 1.807) is 0 Å². The Hall–Kier alpha value is -1.26. The summed E-state index contributed by atoms with van der Waals surface area (Å²) < 4.78 is 1.02. The smallest absolute Gasteiger partial charge is 0.0410 e. The first-order valence-electron chi connectivity index (χ1n) is 6.52. The van der Waals surface area contributed by atoms with Gasteiger partial charge in [-0.3, -0.25) is 9.97 Å². The molecule has 0 fully saturated rings. The fourth-order valence-corrected chi connectivity index (χ4v) is 2.38. The molecule has 2 rings (SSSR count). The molecule has 1 N–H and O–H groups in total. The number of hydrogen-bond acceptors (Lipinski definition) is 3. The van der Waals surface area contributed by atoms with Gasteiger partial charge in [-0.25, -0.2) is 0 Å². The molecule has 0 spiro atoms. The minimum Gasteiger partial charge on any atom is -0.310 e. The van der Waals surface area contributed by atoms with Crippen molar-refractivity contribution in [3.63, 3.8) is 0 Å². The third kappa shape index (κ3) is 4.40. The third-order valence-corrected chi connectivity index (χ3v) is 3.39. The van der Waals surface area contributed by atoms with E-state index in [9.17, 15) is 0 Å². The molecule has 0 saturated carbocycles. The van der Waals surface area contributed by atoms with Gasteiger partial charge in [0, 0.05) is 35.3 Å². The lowest BCUT2D eigenvalue weighted by molar-refractivity contribution is 0.527. The predicted octanol–water partition coefficient (Wildman–Crippen LogP) is 3.52. The Morgan fingerprint density at radius 2 is 2.00 bits per heavy atom. The number of nitrogens with one attached hydrogen (secondary N) is 1. The topological polar surface area (TPSA) is 37.8 Å². The number of nitrogens with zero attached hydrogens (tertiary/aromatic N) is 2. The summed E-state index contributed by atoms with van der Waals surface area (Å²) in [4.78, 5) is 8.32. The molecule has 0 aliphatic carbocycles. The molecule has 0 aliphatic rings. The highest BCUT2D eigenvalue weighted by atomic mass is 79.9. The second-order valence-corrected chi connectivity index (χ2v) is 5.42. The maximum absolute atomic E-state index is 4.26. The molecule has 1 atom stereocenters. The first-order chi connectivity index (χ1) is 9.29. The molecule has 2 aromatic heterocycles. The second-order valence-electron chi connectivity index (χ2n) is 4.50. The summed E-state index contributed by atoms with van der Waals surface area (Å²) in [7, 11) is 0. The molecule has 1 unspecified atom stereocenters. The van der Waals surface area contributed by atoms with E-state index in [1.807, 2.05) is 24.8 Å². The maximum atomic E-state index is 4.26. The lowest BCUT2D eigenvalue weighted by atomic mass is 10.0. The average Bonchev–Trinajstić information content (AvgIpc) is 2.44. The zero-order chi connectivity index (χ0) is 13.5. The zero-order valence-electron chi connectivity index (χ0n) is 11.0. The molecule has 0 aliphatic heterocycles. The molecule has 0 aromatic carbocycles. The summed E-state index contributed by atoms with van der Waals surface area (Å²) in [5.41, 5.74) is 2.49. The molecule has 2 aromatic rings. The Balaban J connectivity index is 2.16. The largest absolute Gasteiger partial charge is 0.310 e. The third-order valence-electron chi connectivity index (χ3n) is 2.96. The van der Waals surface area contributed by atoms with Crippen LogP contribution >= 0.6 is 15.9 Å². The van der Waals surface area contributed by atoms with Crippen LogP contribution in [-0.4, -0.2) is 16.5 Å². The van der Waals surface area contributed by atoms with Crippen molar-refractivity contribution in [2.45, 2.75) is 25.8 Å². The van der Waals surface area contributed by atoms with Gasteiger partial charge in [0.15, 0.2) is 0 Å². The van der Waals surface area contributed by atoms with Crippen molar-refractivity contribution in [1.82, 2.24) is 15.3 Å². The minimum absolute atomic E-state index is 0.285. The number of aromatic nitrogens is 2. The van der Waals surface area contributed by atoms with E-state index in [-0.39, 0.29) is 6.04 Å². The van der Waals surface area contributed by atoms with E-state index in [2.05, 4.69) is 56.3 Å². The first kappa shape index (κ1) is 14.2. The van der Waals surface area contributed by atoms with Gasteiger partial charge < -0.3 is 5.32 Å². The Morgan fingerprint density at radius 3 is 2.68 bits per heavy atom. The van der Waals surface area contributed by atoms with Crippen LogP contribution in [0.5, 0.6) is 0 Å². The summed E-state index contributed by atoms with van der Waals surface area (Å²) >= 11 is 3.48. The average molecular weight is 320 g/mol. The monoisotopic (exact) mass is 319 g/mol. The molecular formula is C15H18BrN3. The van der Waals surface area contributed by atoms with E-state index < -0.39 is 0 Å². The van der Waals surface area contributed by atoms with E-state index in [4.69, 9.17) is 0 Å².